The number of nitrogens with one attached hydrogen (secondary N) is 1. The second-order valence-corrected chi connectivity index (χ2v) is 9.82. The molecule has 1 saturated carbocycles. The number of rotatable bonds is 5. The molecule has 1 aliphatic heterocycles. The third-order valence-corrected chi connectivity index (χ3v) is 6.80. The average molecular weight is 485 g/mol. The zero-order chi connectivity index (χ0) is 24.1. The molecule has 0 spiro atoms. The van der Waals surface area contributed by atoms with E-state index in [2.05, 4.69) is 24.5 Å². The number of fused-ring (bicyclic) bond motifs is 1. The first-order valence-corrected chi connectivity index (χ1v) is 11.7. The zero-order valence-corrected chi connectivity index (χ0v) is 18.8. The smallest absolute Gasteiger partial charge is 0.355 e. The molecule has 1 fully saturated rings. The predicted octanol–water partition coefficient (Wildman–Crippen LogP) is 3.34. The van der Waals surface area contributed by atoms with Crippen molar-refractivity contribution in [3.05, 3.63) is 35.8 Å². The number of halogens is 3. The molecule has 2 aliphatic rings. The van der Waals surface area contributed by atoms with Gasteiger partial charge in [0.1, 0.15) is 0 Å². The number of carbonyl (C=O) groups is 1. The molecule has 13 heteroatoms. The molecule has 178 valence electrons. The Hall–Kier alpha value is -2.96. The Labute approximate surface area is 188 Å². The number of amides is 1. The summed E-state index contributed by atoms with van der Waals surface area (Å²) in [5, 5.41) is 3.25. The summed E-state index contributed by atoms with van der Waals surface area (Å²) in [5.74, 6) is -0.654. The summed E-state index contributed by atoms with van der Waals surface area (Å²) in [6.07, 6.45) is 4.62. The molecule has 3 heterocycles. The monoisotopic (exact) mass is 485 g/mol. The van der Waals surface area contributed by atoms with Crippen LogP contribution in [0.1, 0.15) is 44.0 Å². The van der Waals surface area contributed by atoms with Crippen LogP contribution in [-0.2, 0) is 14.9 Å². The molecule has 4 rings (SSSR count). The number of pyridine rings is 1. The maximum Gasteiger partial charge on any atom is 0.534 e. The summed E-state index contributed by atoms with van der Waals surface area (Å²) in [6.45, 7) is 5.13. The minimum absolute atomic E-state index is 0.120. The van der Waals surface area contributed by atoms with Crippen molar-refractivity contribution < 1.29 is 30.6 Å². The molecule has 2 aromatic heterocycles. The summed E-state index contributed by atoms with van der Waals surface area (Å²) in [4.78, 5) is 26.5. The molecule has 0 aromatic carbocycles. The van der Waals surface area contributed by atoms with E-state index in [0.717, 1.165) is 24.6 Å². The van der Waals surface area contributed by atoms with E-state index in [-0.39, 0.29) is 29.5 Å². The van der Waals surface area contributed by atoms with Crippen molar-refractivity contribution in [2.75, 3.05) is 10.2 Å². The summed E-state index contributed by atoms with van der Waals surface area (Å²) in [7, 11) is -5.91. The standard InChI is InChI=1S/C20H22F3N5O4S/c1-10-6-7-24-19(26-10)27-17-11(2)18(13-4-5-13)28(12(3)29)15-8-16(25-9-14(15)17)32-33(30,31)20(21,22)23/h6-9,11,13,17-18H,4-5H2,1-3H3,(H,24,26,27). The highest BCUT2D eigenvalue weighted by Gasteiger charge is 2.50. The molecule has 0 radical (unpaired) electrons. The number of aryl methyl sites for hydroxylation is 1. The van der Waals surface area contributed by atoms with Crippen molar-refractivity contribution in [1.82, 2.24) is 15.0 Å². The molecule has 2 aromatic rings. The van der Waals surface area contributed by atoms with E-state index >= 15 is 0 Å². The number of carbonyl (C=O) groups excluding carboxylic acids is 1. The number of aromatic nitrogens is 3. The number of nitrogens with zero attached hydrogens (tertiary/aromatic N) is 4. The van der Waals surface area contributed by atoms with Gasteiger partial charge in [-0.2, -0.15) is 21.6 Å². The van der Waals surface area contributed by atoms with E-state index < -0.39 is 27.5 Å². The molecular formula is C20H22F3N5O4S. The van der Waals surface area contributed by atoms with E-state index in [1.54, 1.807) is 12.3 Å². The van der Waals surface area contributed by atoms with Crippen LogP contribution >= 0.6 is 0 Å². The van der Waals surface area contributed by atoms with Crippen molar-refractivity contribution in [1.29, 1.82) is 0 Å². The minimum atomic E-state index is -5.91. The van der Waals surface area contributed by atoms with Gasteiger partial charge < -0.3 is 14.4 Å². The van der Waals surface area contributed by atoms with Crippen LogP contribution < -0.4 is 14.4 Å². The summed E-state index contributed by atoms with van der Waals surface area (Å²) in [5.41, 5.74) is -4.14. The summed E-state index contributed by atoms with van der Waals surface area (Å²) >= 11 is 0. The molecule has 1 N–H and O–H groups in total. The largest absolute Gasteiger partial charge is 0.534 e. The van der Waals surface area contributed by atoms with E-state index in [0.29, 0.717) is 11.5 Å². The maximum atomic E-state index is 12.8. The Bertz CT molecular complexity index is 1190. The highest BCUT2D eigenvalue weighted by Crippen LogP contribution is 2.50. The molecule has 33 heavy (non-hydrogen) atoms. The van der Waals surface area contributed by atoms with Crippen LogP contribution in [0.15, 0.2) is 24.5 Å². The van der Waals surface area contributed by atoms with Crippen LogP contribution in [-0.4, -0.2) is 40.8 Å². The summed E-state index contributed by atoms with van der Waals surface area (Å²) in [6, 6.07) is 2.11. The van der Waals surface area contributed by atoms with Crippen LogP contribution in [0.25, 0.3) is 0 Å². The van der Waals surface area contributed by atoms with Gasteiger partial charge in [0.2, 0.25) is 17.7 Å². The number of anilines is 2. The summed E-state index contributed by atoms with van der Waals surface area (Å²) < 4.78 is 65.6. The van der Waals surface area contributed by atoms with Crippen LogP contribution in [0.4, 0.5) is 24.8 Å². The molecule has 9 nitrogen and oxygen atoms in total. The van der Waals surface area contributed by atoms with Gasteiger partial charge in [0.05, 0.1) is 11.7 Å². The lowest BCUT2D eigenvalue weighted by atomic mass is 9.80. The first kappa shape index (κ1) is 23.2. The Kier molecular flexibility index (Phi) is 5.71. The maximum absolute atomic E-state index is 12.8. The van der Waals surface area contributed by atoms with Crippen molar-refractivity contribution in [2.45, 2.75) is 51.2 Å². The quantitative estimate of drug-likeness (QED) is 0.507. The van der Waals surface area contributed by atoms with E-state index in [4.69, 9.17) is 0 Å². The lowest BCUT2D eigenvalue weighted by molar-refractivity contribution is -0.117. The molecule has 0 bridgehead atoms. The van der Waals surface area contributed by atoms with Gasteiger partial charge in [0.15, 0.2) is 0 Å². The fourth-order valence-electron chi connectivity index (χ4n) is 4.29. The van der Waals surface area contributed by atoms with Gasteiger partial charge in [-0.05, 0) is 31.7 Å². The Morgan fingerprint density at radius 1 is 1.27 bits per heavy atom. The van der Waals surface area contributed by atoms with Crippen LogP contribution in [0, 0.1) is 18.8 Å². The lowest BCUT2D eigenvalue weighted by Crippen LogP contribution is -2.51. The molecule has 3 unspecified atom stereocenters. The Morgan fingerprint density at radius 3 is 2.55 bits per heavy atom. The van der Waals surface area contributed by atoms with Crippen molar-refractivity contribution in [3.8, 4) is 5.88 Å². The van der Waals surface area contributed by atoms with Gasteiger partial charge in [-0.3, -0.25) is 4.79 Å². The Morgan fingerprint density at radius 2 is 1.97 bits per heavy atom. The van der Waals surface area contributed by atoms with E-state index in [9.17, 15) is 26.4 Å². The average Bonchev–Trinajstić information content (AvgIpc) is 3.53. The second kappa shape index (κ2) is 8.12. The number of hydrogen-bond donors (Lipinski definition) is 1. The predicted molar refractivity (Wildman–Crippen MR) is 112 cm³/mol. The fourth-order valence-corrected chi connectivity index (χ4v) is 4.70. The highest BCUT2D eigenvalue weighted by atomic mass is 32.2. The number of alkyl halides is 3. The van der Waals surface area contributed by atoms with Crippen molar-refractivity contribution in [3.63, 3.8) is 0 Å². The van der Waals surface area contributed by atoms with Gasteiger partial charge in [0.25, 0.3) is 0 Å². The molecule has 0 saturated heterocycles. The highest BCUT2D eigenvalue weighted by molar-refractivity contribution is 7.87. The van der Waals surface area contributed by atoms with Gasteiger partial charge in [-0.25, -0.2) is 15.0 Å². The molecule has 1 amide bonds. The number of hydrogen-bond acceptors (Lipinski definition) is 8. The first-order valence-electron chi connectivity index (χ1n) is 10.3. The molecule has 1 aliphatic carbocycles. The minimum Gasteiger partial charge on any atom is -0.355 e. The van der Waals surface area contributed by atoms with E-state index in [1.165, 1.54) is 18.0 Å². The van der Waals surface area contributed by atoms with Crippen LogP contribution in [0.2, 0.25) is 0 Å². The second-order valence-electron chi connectivity index (χ2n) is 8.28. The lowest BCUT2D eigenvalue weighted by Gasteiger charge is -2.45. The topological polar surface area (TPSA) is 114 Å². The zero-order valence-electron chi connectivity index (χ0n) is 18.0. The first-order chi connectivity index (χ1) is 15.4. The fraction of sp³-hybridized carbons (Fsp3) is 0.500. The van der Waals surface area contributed by atoms with Crippen molar-refractivity contribution >= 4 is 27.7 Å². The van der Waals surface area contributed by atoms with Gasteiger partial charge in [-0.1, -0.05) is 6.92 Å². The Balaban J connectivity index is 1.80. The molecular weight excluding hydrogens is 463 g/mol. The van der Waals surface area contributed by atoms with Gasteiger partial charge in [-0.15, -0.1) is 0 Å². The SMILES string of the molecule is CC(=O)N1c2cc(OS(=O)(=O)C(F)(F)F)ncc2C(Nc2nccc(C)n2)C(C)C1C1CC1. The van der Waals surface area contributed by atoms with Gasteiger partial charge in [0, 0.05) is 48.6 Å². The molecule has 3 atom stereocenters. The van der Waals surface area contributed by atoms with Crippen LogP contribution in [0.5, 0.6) is 5.88 Å². The van der Waals surface area contributed by atoms with Gasteiger partial charge >= 0.3 is 15.6 Å². The van der Waals surface area contributed by atoms with E-state index in [1.807, 2.05) is 13.8 Å². The van der Waals surface area contributed by atoms with Crippen LogP contribution in [0.3, 0.4) is 0 Å². The third kappa shape index (κ3) is 4.45. The third-order valence-electron chi connectivity index (χ3n) is 5.85. The normalized spacial score (nSPS) is 23.1. The van der Waals surface area contributed by atoms with Crippen molar-refractivity contribution in [2.24, 2.45) is 11.8 Å².